The average molecular weight is 361 g/mol. The number of alkyl halides is 2. The molecule has 0 aromatic carbocycles. The summed E-state index contributed by atoms with van der Waals surface area (Å²) in [5, 5.41) is 3.92. The van der Waals surface area contributed by atoms with Crippen LogP contribution in [-0.4, -0.2) is 20.3 Å². The molecule has 0 saturated heterocycles. The zero-order chi connectivity index (χ0) is 12.5. The highest BCUT2D eigenvalue weighted by atomic mass is 79.9. The molecular formula is C11H11Br2N3O. The van der Waals surface area contributed by atoms with Crippen molar-refractivity contribution in [3.05, 3.63) is 30.1 Å². The summed E-state index contributed by atoms with van der Waals surface area (Å²) in [7, 11) is 0. The van der Waals surface area contributed by atoms with Crippen molar-refractivity contribution in [2.24, 2.45) is 10.5 Å². The number of carbonyl (C=O) groups excluding carboxylic acids is 1. The Hall–Kier alpha value is -0.750. The van der Waals surface area contributed by atoms with E-state index in [1.165, 1.54) is 0 Å². The molecule has 0 radical (unpaired) electrons. The lowest BCUT2D eigenvalue weighted by atomic mass is 10.1. The van der Waals surface area contributed by atoms with Crippen molar-refractivity contribution in [3.8, 4) is 0 Å². The van der Waals surface area contributed by atoms with Gasteiger partial charge >= 0.3 is 0 Å². The molecule has 4 nitrogen and oxygen atoms in total. The number of nitrogens with zero attached hydrogens (tertiary/aromatic N) is 2. The molecule has 1 heterocycles. The van der Waals surface area contributed by atoms with Gasteiger partial charge in [0.1, 0.15) is 0 Å². The zero-order valence-corrected chi connectivity index (χ0v) is 12.3. The van der Waals surface area contributed by atoms with E-state index in [0.29, 0.717) is 0 Å². The summed E-state index contributed by atoms with van der Waals surface area (Å²) in [6, 6.07) is 3.63. The number of halogens is 2. The Bertz CT molecular complexity index is 461. The van der Waals surface area contributed by atoms with Crippen molar-refractivity contribution >= 4 is 44.0 Å². The van der Waals surface area contributed by atoms with Gasteiger partial charge < -0.3 is 0 Å². The van der Waals surface area contributed by atoms with Crippen molar-refractivity contribution in [2.75, 3.05) is 0 Å². The molecule has 0 aliphatic heterocycles. The van der Waals surface area contributed by atoms with Crippen LogP contribution < -0.4 is 5.43 Å². The van der Waals surface area contributed by atoms with Crippen LogP contribution in [0.25, 0.3) is 0 Å². The molecule has 6 heteroatoms. The number of nitrogens with one attached hydrogen (secondary N) is 1. The monoisotopic (exact) mass is 359 g/mol. The lowest BCUT2D eigenvalue weighted by molar-refractivity contribution is -0.125. The number of hydrogen-bond acceptors (Lipinski definition) is 3. The number of hydrogen-bond donors (Lipinski definition) is 1. The summed E-state index contributed by atoms with van der Waals surface area (Å²) in [5.74, 6) is -0.100. The number of amides is 1. The van der Waals surface area contributed by atoms with Gasteiger partial charge in [-0.05, 0) is 31.0 Å². The maximum absolute atomic E-state index is 11.8. The fraction of sp³-hybridized carbons (Fsp3) is 0.364. The molecule has 0 spiro atoms. The summed E-state index contributed by atoms with van der Waals surface area (Å²) in [6.07, 6.45) is 5.69. The van der Waals surface area contributed by atoms with Gasteiger partial charge in [0.05, 0.1) is 14.9 Å². The molecule has 1 saturated carbocycles. The van der Waals surface area contributed by atoms with Gasteiger partial charge in [0.2, 0.25) is 5.91 Å². The molecule has 1 aliphatic rings. The molecular weight excluding hydrogens is 350 g/mol. The molecule has 90 valence electrons. The highest BCUT2D eigenvalue weighted by molar-refractivity contribution is 9.25. The van der Waals surface area contributed by atoms with E-state index in [1.807, 2.05) is 19.1 Å². The average Bonchev–Trinajstić information content (AvgIpc) is 2.81. The first kappa shape index (κ1) is 12.7. The van der Waals surface area contributed by atoms with Crippen LogP contribution in [0.15, 0.2) is 29.6 Å². The van der Waals surface area contributed by atoms with E-state index in [4.69, 9.17) is 0 Å². The van der Waals surface area contributed by atoms with E-state index in [9.17, 15) is 4.79 Å². The van der Waals surface area contributed by atoms with Crippen LogP contribution in [0, 0.1) is 5.41 Å². The third kappa shape index (κ3) is 2.57. The zero-order valence-electron chi connectivity index (χ0n) is 9.15. The summed E-state index contributed by atoms with van der Waals surface area (Å²) >= 11 is 6.88. The number of hydrazone groups is 1. The van der Waals surface area contributed by atoms with Crippen molar-refractivity contribution in [1.29, 1.82) is 0 Å². The van der Waals surface area contributed by atoms with Crippen LogP contribution in [0.2, 0.25) is 0 Å². The topological polar surface area (TPSA) is 54.4 Å². The first-order valence-electron chi connectivity index (χ1n) is 5.07. The first-order chi connectivity index (χ1) is 7.96. The lowest BCUT2D eigenvalue weighted by Crippen LogP contribution is -2.29. The smallest absolute Gasteiger partial charge is 0.248 e. The third-order valence-corrected chi connectivity index (χ3v) is 5.16. The van der Waals surface area contributed by atoms with Crippen molar-refractivity contribution < 1.29 is 4.79 Å². The second-order valence-corrected chi connectivity index (χ2v) is 7.96. The van der Waals surface area contributed by atoms with Crippen LogP contribution in [0.5, 0.6) is 0 Å². The van der Waals surface area contributed by atoms with E-state index in [1.54, 1.807) is 18.6 Å². The van der Waals surface area contributed by atoms with Crippen molar-refractivity contribution in [2.45, 2.75) is 16.6 Å². The number of rotatable bonds is 3. The summed E-state index contributed by atoms with van der Waals surface area (Å²) in [5.41, 5.74) is 2.99. The first-order valence-corrected chi connectivity index (χ1v) is 6.66. The summed E-state index contributed by atoms with van der Waals surface area (Å²) in [4.78, 5) is 15.7. The Kier molecular flexibility index (Phi) is 3.36. The molecule has 1 atom stereocenters. The fourth-order valence-electron chi connectivity index (χ4n) is 1.38. The largest absolute Gasteiger partial charge is 0.272 e. The van der Waals surface area contributed by atoms with Crippen LogP contribution >= 0.6 is 31.9 Å². The Morgan fingerprint density at radius 1 is 1.53 bits per heavy atom. The minimum atomic E-state index is -0.442. The lowest BCUT2D eigenvalue weighted by Gasteiger charge is -2.09. The fourth-order valence-corrected chi connectivity index (χ4v) is 2.87. The number of pyridine rings is 1. The van der Waals surface area contributed by atoms with Gasteiger partial charge in [-0.25, -0.2) is 5.43 Å². The Labute approximate surface area is 116 Å². The molecule has 17 heavy (non-hydrogen) atoms. The van der Waals surface area contributed by atoms with Gasteiger partial charge in [0.15, 0.2) is 0 Å². The Balaban J connectivity index is 1.92. The van der Waals surface area contributed by atoms with E-state index < -0.39 is 5.41 Å². The third-order valence-electron chi connectivity index (χ3n) is 2.84. The molecule has 1 N–H and O–H groups in total. The van der Waals surface area contributed by atoms with Crippen LogP contribution in [0.4, 0.5) is 0 Å². The van der Waals surface area contributed by atoms with Gasteiger partial charge in [-0.15, -0.1) is 0 Å². The SMILES string of the molecule is CC1(C(=O)N/N=C/c2ccncc2)CC1(Br)Br. The van der Waals surface area contributed by atoms with Gasteiger partial charge in [-0.3, -0.25) is 9.78 Å². The quantitative estimate of drug-likeness (QED) is 0.511. The molecule has 1 aliphatic carbocycles. The van der Waals surface area contributed by atoms with Crippen molar-refractivity contribution in [1.82, 2.24) is 10.4 Å². The summed E-state index contributed by atoms with van der Waals surface area (Å²) < 4.78 is -0.288. The minimum absolute atomic E-state index is 0.100. The number of carbonyl (C=O) groups is 1. The minimum Gasteiger partial charge on any atom is -0.272 e. The van der Waals surface area contributed by atoms with E-state index in [0.717, 1.165) is 12.0 Å². The summed E-state index contributed by atoms with van der Waals surface area (Å²) in [6.45, 7) is 1.88. The predicted octanol–water partition coefficient (Wildman–Crippen LogP) is 2.43. The van der Waals surface area contributed by atoms with E-state index in [2.05, 4.69) is 47.4 Å². The second-order valence-electron chi connectivity index (χ2n) is 4.19. The molecule has 1 aromatic heterocycles. The maximum Gasteiger partial charge on any atom is 0.248 e. The van der Waals surface area contributed by atoms with Crippen LogP contribution in [0.3, 0.4) is 0 Å². The maximum atomic E-state index is 11.8. The van der Waals surface area contributed by atoms with Gasteiger partial charge in [-0.2, -0.15) is 5.10 Å². The normalized spacial score (nSPS) is 25.8. The van der Waals surface area contributed by atoms with E-state index in [-0.39, 0.29) is 9.14 Å². The van der Waals surface area contributed by atoms with Gasteiger partial charge in [-0.1, -0.05) is 31.9 Å². The Morgan fingerprint density at radius 3 is 2.65 bits per heavy atom. The highest BCUT2D eigenvalue weighted by Gasteiger charge is 2.66. The van der Waals surface area contributed by atoms with Crippen molar-refractivity contribution in [3.63, 3.8) is 0 Å². The molecule has 2 rings (SSSR count). The molecule has 1 aromatic rings. The predicted molar refractivity (Wildman–Crippen MR) is 73.3 cm³/mol. The Morgan fingerprint density at radius 2 is 2.12 bits per heavy atom. The number of aromatic nitrogens is 1. The molecule has 1 unspecified atom stereocenters. The van der Waals surface area contributed by atoms with E-state index >= 15 is 0 Å². The molecule has 1 amide bonds. The van der Waals surface area contributed by atoms with Crippen LogP contribution in [-0.2, 0) is 4.79 Å². The standard InChI is InChI=1S/C11H11Br2N3O/c1-10(7-11(10,12)13)9(17)16-15-6-8-2-4-14-5-3-8/h2-6H,7H2,1H3,(H,16,17)/b15-6+. The molecule has 1 fully saturated rings. The van der Waals surface area contributed by atoms with Gasteiger partial charge in [0.25, 0.3) is 0 Å². The van der Waals surface area contributed by atoms with Gasteiger partial charge in [0, 0.05) is 12.4 Å². The molecule has 0 bridgehead atoms. The second kappa shape index (κ2) is 4.49. The van der Waals surface area contributed by atoms with Crippen LogP contribution in [0.1, 0.15) is 18.9 Å². The highest BCUT2D eigenvalue weighted by Crippen LogP contribution is 2.66.